The van der Waals surface area contributed by atoms with Crippen molar-refractivity contribution in [2.24, 2.45) is 11.7 Å². The highest BCUT2D eigenvalue weighted by Crippen LogP contribution is 2.23. The van der Waals surface area contributed by atoms with Crippen LogP contribution in [0.3, 0.4) is 0 Å². The second-order valence-corrected chi connectivity index (χ2v) is 4.71. The van der Waals surface area contributed by atoms with Gasteiger partial charge in [0.25, 0.3) is 0 Å². The summed E-state index contributed by atoms with van der Waals surface area (Å²) < 4.78 is 5.73. The lowest BCUT2D eigenvalue weighted by molar-refractivity contribution is 0.436. The van der Waals surface area contributed by atoms with Crippen molar-refractivity contribution >= 4 is 0 Å². The molecule has 0 spiro atoms. The molecule has 0 fully saturated rings. The Bertz CT molecular complexity index is 303. The smallest absolute Gasteiger partial charge is 0.195 e. The highest BCUT2D eigenvalue weighted by Gasteiger charge is 2.16. The third-order valence-electron chi connectivity index (χ3n) is 2.26. The van der Waals surface area contributed by atoms with Crippen molar-refractivity contribution in [3.05, 3.63) is 17.3 Å². The monoisotopic (exact) mass is 210 g/mol. The Balaban J connectivity index is 2.90. The number of hydrogen-bond donors (Lipinski definition) is 1. The van der Waals surface area contributed by atoms with Crippen molar-refractivity contribution in [3.8, 4) is 0 Å². The van der Waals surface area contributed by atoms with Gasteiger partial charge < -0.3 is 10.2 Å². The van der Waals surface area contributed by atoms with Crippen LogP contribution in [-0.2, 0) is 12.8 Å². The van der Waals surface area contributed by atoms with Gasteiger partial charge in [-0.25, -0.2) is 4.98 Å². The fourth-order valence-corrected chi connectivity index (χ4v) is 1.63. The molecule has 0 radical (unpaired) electrons. The maximum atomic E-state index is 5.73. The van der Waals surface area contributed by atoms with E-state index in [0.717, 1.165) is 30.2 Å². The van der Waals surface area contributed by atoms with Crippen molar-refractivity contribution in [3.63, 3.8) is 0 Å². The third kappa shape index (κ3) is 3.34. The summed E-state index contributed by atoms with van der Waals surface area (Å²) in [5.41, 5.74) is 6.61. The molecule has 1 heterocycles. The van der Waals surface area contributed by atoms with Crippen LogP contribution in [0.2, 0.25) is 0 Å². The Hall–Kier alpha value is -0.830. The lowest BCUT2D eigenvalue weighted by atomic mass is 10.0. The van der Waals surface area contributed by atoms with Crippen LogP contribution in [0, 0.1) is 5.92 Å². The molecule has 0 aliphatic heterocycles. The summed E-state index contributed by atoms with van der Waals surface area (Å²) in [7, 11) is 0. The summed E-state index contributed by atoms with van der Waals surface area (Å²) in [6.07, 6.45) is 1.72. The maximum Gasteiger partial charge on any atom is 0.195 e. The van der Waals surface area contributed by atoms with E-state index in [-0.39, 0.29) is 0 Å². The van der Waals surface area contributed by atoms with E-state index in [1.54, 1.807) is 0 Å². The molecule has 0 saturated heterocycles. The van der Waals surface area contributed by atoms with E-state index >= 15 is 0 Å². The zero-order valence-electron chi connectivity index (χ0n) is 10.2. The van der Waals surface area contributed by atoms with Gasteiger partial charge in [0.1, 0.15) is 5.76 Å². The minimum absolute atomic E-state index is 0.401. The van der Waals surface area contributed by atoms with Gasteiger partial charge in [-0.3, -0.25) is 0 Å². The summed E-state index contributed by atoms with van der Waals surface area (Å²) in [6.45, 7) is 9.26. The first-order valence-corrected chi connectivity index (χ1v) is 5.73. The van der Waals surface area contributed by atoms with Crippen molar-refractivity contribution < 1.29 is 4.42 Å². The van der Waals surface area contributed by atoms with Crippen molar-refractivity contribution in [1.82, 2.24) is 4.98 Å². The maximum absolute atomic E-state index is 5.73. The van der Waals surface area contributed by atoms with Crippen LogP contribution < -0.4 is 5.73 Å². The van der Waals surface area contributed by atoms with E-state index < -0.39 is 0 Å². The largest absolute Gasteiger partial charge is 0.445 e. The second-order valence-electron chi connectivity index (χ2n) is 4.71. The molecule has 2 N–H and O–H groups in total. The molecule has 3 nitrogen and oxygen atoms in total. The molecule has 0 unspecified atom stereocenters. The number of nitrogens with zero attached hydrogens (tertiary/aromatic N) is 1. The van der Waals surface area contributed by atoms with Gasteiger partial charge >= 0.3 is 0 Å². The van der Waals surface area contributed by atoms with E-state index in [0.29, 0.717) is 18.4 Å². The Morgan fingerprint density at radius 3 is 2.40 bits per heavy atom. The lowest BCUT2D eigenvalue weighted by Gasteiger charge is -2.05. The fourth-order valence-electron chi connectivity index (χ4n) is 1.63. The molecule has 0 aliphatic rings. The van der Waals surface area contributed by atoms with Crippen molar-refractivity contribution in [2.45, 2.75) is 46.5 Å². The topological polar surface area (TPSA) is 52.0 Å². The van der Waals surface area contributed by atoms with Gasteiger partial charge in [0.15, 0.2) is 5.89 Å². The first-order chi connectivity index (χ1) is 7.04. The summed E-state index contributed by atoms with van der Waals surface area (Å²) in [5.74, 6) is 2.83. The van der Waals surface area contributed by atoms with E-state index in [2.05, 4.69) is 32.7 Å². The van der Waals surface area contributed by atoms with E-state index in [1.165, 1.54) is 0 Å². The second kappa shape index (κ2) is 5.31. The Morgan fingerprint density at radius 2 is 1.93 bits per heavy atom. The van der Waals surface area contributed by atoms with Gasteiger partial charge in [-0.05, 0) is 12.3 Å². The average Bonchev–Trinajstić information content (AvgIpc) is 2.47. The Morgan fingerprint density at radius 1 is 1.27 bits per heavy atom. The summed E-state index contributed by atoms with van der Waals surface area (Å²) in [6, 6.07) is 0. The minimum atomic E-state index is 0.401. The molecule has 0 atom stereocenters. The van der Waals surface area contributed by atoms with E-state index in [1.807, 2.05) is 0 Å². The number of nitrogens with two attached hydrogens (primary N) is 1. The number of hydrogen-bond acceptors (Lipinski definition) is 3. The minimum Gasteiger partial charge on any atom is -0.445 e. The lowest BCUT2D eigenvalue weighted by Crippen LogP contribution is -2.03. The zero-order chi connectivity index (χ0) is 11.4. The molecule has 86 valence electrons. The van der Waals surface area contributed by atoms with Crippen LogP contribution in [0.1, 0.15) is 51.0 Å². The quantitative estimate of drug-likeness (QED) is 0.812. The van der Waals surface area contributed by atoms with Crippen LogP contribution >= 0.6 is 0 Å². The SMILES string of the molecule is CC(C)Cc1nc(CCN)oc1C(C)C. The molecular weight excluding hydrogens is 188 g/mol. The molecule has 0 aliphatic carbocycles. The first-order valence-electron chi connectivity index (χ1n) is 5.73. The summed E-state index contributed by atoms with van der Waals surface area (Å²) in [5, 5.41) is 0. The van der Waals surface area contributed by atoms with Crippen LogP contribution in [0.25, 0.3) is 0 Å². The molecule has 0 amide bonds. The van der Waals surface area contributed by atoms with Gasteiger partial charge in [-0.15, -0.1) is 0 Å². The molecule has 1 rings (SSSR count). The molecule has 1 aromatic heterocycles. The molecule has 3 heteroatoms. The van der Waals surface area contributed by atoms with Crippen molar-refractivity contribution in [2.75, 3.05) is 6.54 Å². The molecule has 0 bridgehead atoms. The fraction of sp³-hybridized carbons (Fsp3) is 0.750. The van der Waals surface area contributed by atoms with Crippen LogP contribution in [0.15, 0.2) is 4.42 Å². The normalized spacial score (nSPS) is 11.7. The van der Waals surface area contributed by atoms with Crippen molar-refractivity contribution in [1.29, 1.82) is 0 Å². The van der Waals surface area contributed by atoms with Gasteiger partial charge in [-0.1, -0.05) is 27.7 Å². The first kappa shape index (κ1) is 12.2. The highest BCUT2D eigenvalue weighted by atomic mass is 16.4. The van der Waals surface area contributed by atoms with Gasteiger partial charge in [-0.2, -0.15) is 0 Å². The third-order valence-corrected chi connectivity index (χ3v) is 2.26. The van der Waals surface area contributed by atoms with Crippen LogP contribution in [-0.4, -0.2) is 11.5 Å². The number of aromatic nitrogens is 1. The Kier molecular flexibility index (Phi) is 4.33. The highest BCUT2D eigenvalue weighted by molar-refractivity contribution is 5.14. The predicted molar refractivity (Wildman–Crippen MR) is 61.9 cm³/mol. The molecular formula is C12H22N2O. The van der Waals surface area contributed by atoms with Crippen LogP contribution in [0.5, 0.6) is 0 Å². The Labute approximate surface area is 92.1 Å². The van der Waals surface area contributed by atoms with Crippen LogP contribution in [0.4, 0.5) is 0 Å². The molecule has 15 heavy (non-hydrogen) atoms. The standard InChI is InChI=1S/C12H22N2O/c1-8(2)7-10-12(9(3)4)15-11(14-10)5-6-13/h8-9H,5-7,13H2,1-4H3. The van der Waals surface area contributed by atoms with Gasteiger partial charge in [0.05, 0.1) is 5.69 Å². The van der Waals surface area contributed by atoms with Gasteiger partial charge in [0, 0.05) is 18.9 Å². The molecule has 0 saturated carbocycles. The molecule has 0 aromatic carbocycles. The summed E-state index contributed by atoms with van der Waals surface area (Å²) in [4.78, 5) is 4.51. The summed E-state index contributed by atoms with van der Waals surface area (Å²) >= 11 is 0. The number of rotatable bonds is 5. The van der Waals surface area contributed by atoms with E-state index in [9.17, 15) is 0 Å². The van der Waals surface area contributed by atoms with E-state index in [4.69, 9.17) is 10.2 Å². The predicted octanol–water partition coefficient (Wildman–Crippen LogP) is 2.50. The number of oxazole rings is 1. The average molecular weight is 210 g/mol. The zero-order valence-corrected chi connectivity index (χ0v) is 10.2. The molecule has 1 aromatic rings. The van der Waals surface area contributed by atoms with Gasteiger partial charge in [0.2, 0.25) is 0 Å².